The quantitative estimate of drug-likeness (QED) is 0.930. The first-order valence-corrected chi connectivity index (χ1v) is 6.93. The Labute approximate surface area is 118 Å². The second-order valence-electron chi connectivity index (χ2n) is 3.57. The van der Waals surface area contributed by atoms with Crippen molar-refractivity contribution in [2.45, 2.75) is 16.8 Å². The molecular formula is C13H11BrN2OS. The summed E-state index contributed by atoms with van der Waals surface area (Å²) in [5.41, 5.74) is 0.728. The summed E-state index contributed by atoms with van der Waals surface area (Å²) >= 11 is 5.00. The fourth-order valence-electron chi connectivity index (χ4n) is 1.39. The van der Waals surface area contributed by atoms with Gasteiger partial charge in [0, 0.05) is 22.5 Å². The lowest BCUT2D eigenvalue weighted by Gasteiger charge is -2.08. The minimum absolute atomic E-state index is 0.100. The van der Waals surface area contributed by atoms with Gasteiger partial charge in [-0.05, 0) is 40.2 Å². The topological polar surface area (TPSA) is 42.0 Å². The lowest BCUT2D eigenvalue weighted by molar-refractivity contribution is -0.114. The van der Waals surface area contributed by atoms with Gasteiger partial charge >= 0.3 is 0 Å². The van der Waals surface area contributed by atoms with Gasteiger partial charge in [0.1, 0.15) is 5.03 Å². The molecule has 5 heteroatoms. The fraction of sp³-hybridized carbons (Fsp3) is 0.0769. The summed E-state index contributed by atoms with van der Waals surface area (Å²) in [5, 5.41) is 3.55. The number of rotatable bonds is 3. The highest BCUT2D eigenvalue weighted by atomic mass is 79.9. The molecule has 0 aliphatic rings. The third kappa shape index (κ3) is 3.34. The molecule has 0 bridgehead atoms. The highest BCUT2D eigenvalue weighted by molar-refractivity contribution is 9.10. The molecule has 2 rings (SSSR count). The van der Waals surface area contributed by atoms with Crippen LogP contribution in [0.2, 0.25) is 0 Å². The summed E-state index contributed by atoms with van der Waals surface area (Å²) in [5.74, 6) is -0.100. The maximum atomic E-state index is 11.1. The fourth-order valence-corrected chi connectivity index (χ4v) is 2.78. The van der Waals surface area contributed by atoms with Crippen LogP contribution < -0.4 is 5.32 Å². The van der Waals surface area contributed by atoms with Gasteiger partial charge in [0.25, 0.3) is 0 Å². The molecule has 2 aromatic rings. The Balaban J connectivity index is 2.29. The Morgan fingerprint density at radius 1 is 1.28 bits per heavy atom. The van der Waals surface area contributed by atoms with Crippen molar-refractivity contribution in [1.29, 1.82) is 0 Å². The Hall–Kier alpha value is -1.33. The number of pyridine rings is 1. The number of anilines is 1. The van der Waals surface area contributed by atoms with E-state index >= 15 is 0 Å². The minimum Gasteiger partial charge on any atom is -0.324 e. The molecule has 0 saturated heterocycles. The van der Waals surface area contributed by atoms with Gasteiger partial charge in [-0.3, -0.25) is 4.79 Å². The first-order valence-electron chi connectivity index (χ1n) is 5.32. The smallest absolute Gasteiger partial charge is 0.221 e. The second-order valence-corrected chi connectivity index (χ2v) is 5.45. The number of benzene rings is 1. The normalized spacial score (nSPS) is 10.1. The van der Waals surface area contributed by atoms with Gasteiger partial charge in [-0.1, -0.05) is 23.9 Å². The summed E-state index contributed by atoms with van der Waals surface area (Å²) in [6.45, 7) is 1.49. The Morgan fingerprint density at radius 2 is 2.06 bits per heavy atom. The van der Waals surface area contributed by atoms with Gasteiger partial charge in [-0.25, -0.2) is 4.98 Å². The van der Waals surface area contributed by atoms with E-state index in [1.807, 2.05) is 30.3 Å². The maximum Gasteiger partial charge on any atom is 0.221 e. The SMILES string of the molecule is CC(=O)Nc1cccnc1Sc1ccccc1Br. The van der Waals surface area contributed by atoms with E-state index in [1.165, 1.54) is 18.7 Å². The Kier molecular flexibility index (Phi) is 4.38. The highest BCUT2D eigenvalue weighted by Gasteiger charge is 2.08. The third-order valence-corrected chi connectivity index (χ3v) is 4.17. The highest BCUT2D eigenvalue weighted by Crippen LogP contribution is 2.35. The predicted octanol–water partition coefficient (Wildman–Crippen LogP) is 3.95. The summed E-state index contributed by atoms with van der Waals surface area (Å²) in [6.07, 6.45) is 1.71. The van der Waals surface area contributed by atoms with Crippen LogP contribution in [0.4, 0.5) is 5.69 Å². The van der Waals surface area contributed by atoms with Crippen molar-refractivity contribution >= 4 is 39.3 Å². The molecule has 0 fully saturated rings. The predicted molar refractivity (Wildman–Crippen MR) is 76.8 cm³/mol. The van der Waals surface area contributed by atoms with Crippen LogP contribution in [0, 0.1) is 0 Å². The van der Waals surface area contributed by atoms with Crippen molar-refractivity contribution in [3.63, 3.8) is 0 Å². The monoisotopic (exact) mass is 322 g/mol. The van der Waals surface area contributed by atoms with E-state index in [2.05, 4.69) is 26.2 Å². The summed E-state index contributed by atoms with van der Waals surface area (Å²) in [4.78, 5) is 16.5. The lowest BCUT2D eigenvalue weighted by atomic mass is 10.4. The zero-order chi connectivity index (χ0) is 13.0. The lowest BCUT2D eigenvalue weighted by Crippen LogP contribution is -2.07. The van der Waals surface area contributed by atoms with E-state index < -0.39 is 0 Å². The van der Waals surface area contributed by atoms with E-state index in [-0.39, 0.29) is 5.91 Å². The van der Waals surface area contributed by atoms with Crippen LogP contribution in [0.1, 0.15) is 6.92 Å². The molecule has 1 N–H and O–H groups in total. The molecule has 0 aliphatic carbocycles. The number of nitrogens with zero attached hydrogens (tertiary/aromatic N) is 1. The van der Waals surface area contributed by atoms with Crippen LogP contribution in [0.15, 0.2) is 57.0 Å². The largest absolute Gasteiger partial charge is 0.324 e. The zero-order valence-electron chi connectivity index (χ0n) is 9.68. The number of carbonyl (C=O) groups is 1. The molecule has 0 spiro atoms. The molecule has 0 saturated carbocycles. The number of hydrogen-bond donors (Lipinski definition) is 1. The minimum atomic E-state index is -0.100. The summed E-state index contributed by atoms with van der Waals surface area (Å²) in [6, 6.07) is 11.5. The van der Waals surface area contributed by atoms with Gasteiger partial charge in [0.2, 0.25) is 5.91 Å². The molecule has 0 radical (unpaired) electrons. The Morgan fingerprint density at radius 3 is 2.78 bits per heavy atom. The van der Waals surface area contributed by atoms with E-state index in [0.29, 0.717) is 0 Å². The van der Waals surface area contributed by atoms with Gasteiger partial charge < -0.3 is 5.32 Å². The first-order chi connectivity index (χ1) is 8.66. The van der Waals surface area contributed by atoms with Crippen molar-refractivity contribution in [2.75, 3.05) is 5.32 Å². The number of carbonyl (C=O) groups excluding carboxylic acids is 1. The van der Waals surface area contributed by atoms with Gasteiger partial charge in [-0.2, -0.15) is 0 Å². The maximum absolute atomic E-state index is 11.1. The van der Waals surface area contributed by atoms with E-state index in [4.69, 9.17) is 0 Å². The molecule has 0 atom stereocenters. The van der Waals surface area contributed by atoms with Crippen LogP contribution in [0.3, 0.4) is 0 Å². The number of amides is 1. The molecule has 92 valence electrons. The van der Waals surface area contributed by atoms with Gasteiger partial charge in [-0.15, -0.1) is 0 Å². The number of hydrogen-bond acceptors (Lipinski definition) is 3. The number of nitrogens with one attached hydrogen (secondary N) is 1. The van der Waals surface area contributed by atoms with E-state index in [9.17, 15) is 4.79 Å². The molecule has 1 heterocycles. The van der Waals surface area contributed by atoms with Crippen molar-refractivity contribution in [3.05, 3.63) is 47.1 Å². The van der Waals surface area contributed by atoms with Crippen molar-refractivity contribution < 1.29 is 4.79 Å². The van der Waals surface area contributed by atoms with Crippen LogP contribution in [-0.2, 0) is 4.79 Å². The van der Waals surface area contributed by atoms with E-state index in [0.717, 1.165) is 20.1 Å². The average molecular weight is 323 g/mol. The van der Waals surface area contributed by atoms with Crippen molar-refractivity contribution in [3.8, 4) is 0 Å². The summed E-state index contributed by atoms with van der Waals surface area (Å²) in [7, 11) is 0. The number of aromatic nitrogens is 1. The van der Waals surface area contributed by atoms with Crippen LogP contribution >= 0.6 is 27.7 Å². The third-order valence-electron chi connectivity index (χ3n) is 2.13. The molecule has 1 aromatic heterocycles. The molecule has 0 aliphatic heterocycles. The zero-order valence-corrected chi connectivity index (χ0v) is 12.1. The van der Waals surface area contributed by atoms with Crippen LogP contribution in [0.5, 0.6) is 0 Å². The molecule has 1 amide bonds. The summed E-state index contributed by atoms with van der Waals surface area (Å²) < 4.78 is 1.01. The Bertz CT molecular complexity index is 574. The number of halogens is 1. The molecule has 1 aromatic carbocycles. The molecular weight excluding hydrogens is 312 g/mol. The van der Waals surface area contributed by atoms with Gasteiger partial charge in [0.15, 0.2) is 0 Å². The second kappa shape index (κ2) is 6.02. The molecule has 0 unspecified atom stereocenters. The van der Waals surface area contributed by atoms with Crippen molar-refractivity contribution in [1.82, 2.24) is 4.98 Å². The molecule has 18 heavy (non-hydrogen) atoms. The van der Waals surface area contributed by atoms with Crippen molar-refractivity contribution in [2.24, 2.45) is 0 Å². The molecule has 3 nitrogen and oxygen atoms in total. The average Bonchev–Trinajstić information content (AvgIpc) is 2.34. The van der Waals surface area contributed by atoms with Gasteiger partial charge in [0.05, 0.1) is 5.69 Å². The van der Waals surface area contributed by atoms with Crippen LogP contribution in [-0.4, -0.2) is 10.9 Å². The standard InChI is InChI=1S/C13H11BrN2OS/c1-9(17)16-11-6-4-8-15-13(11)18-12-7-3-2-5-10(12)14/h2-8H,1H3,(H,16,17). The van der Waals surface area contributed by atoms with Crippen LogP contribution in [0.25, 0.3) is 0 Å². The van der Waals surface area contributed by atoms with E-state index in [1.54, 1.807) is 12.3 Å². The first kappa shape index (κ1) is 13.1.